The maximum absolute atomic E-state index is 11.4. The van der Waals surface area contributed by atoms with Crippen LogP contribution in [0.3, 0.4) is 0 Å². The van der Waals surface area contributed by atoms with Crippen molar-refractivity contribution in [3.05, 3.63) is 23.8 Å². The summed E-state index contributed by atoms with van der Waals surface area (Å²) in [4.78, 5) is 13.6. The van der Waals surface area contributed by atoms with E-state index < -0.39 is 0 Å². The summed E-state index contributed by atoms with van der Waals surface area (Å²) in [5.41, 5.74) is 8.03. The molecule has 1 aliphatic carbocycles. The highest BCUT2D eigenvalue weighted by Crippen LogP contribution is 2.31. The molecule has 86 valence electrons. The van der Waals surface area contributed by atoms with Crippen molar-refractivity contribution in [2.75, 3.05) is 24.2 Å². The largest absolute Gasteiger partial charge is 0.398 e. The number of carbonyl (C=O) groups is 1. The van der Waals surface area contributed by atoms with Gasteiger partial charge in [0.05, 0.1) is 0 Å². The van der Waals surface area contributed by atoms with Crippen LogP contribution in [-0.4, -0.2) is 19.4 Å². The van der Waals surface area contributed by atoms with Gasteiger partial charge in [0.15, 0.2) is 5.78 Å². The van der Waals surface area contributed by atoms with Crippen molar-refractivity contribution < 1.29 is 4.79 Å². The van der Waals surface area contributed by atoms with Crippen LogP contribution in [0.15, 0.2) is 18.2 Å². The zero-order valence-electron chi connectivity index (χ0n) is 9.86. The van der Waals surface area contributed by atoms with E-state index >= 15 is 0 Å². The predicted molar refractivity (Wildman–Crippen MR) is 66.9 cm³/mol. The van der Waals surface area contributed by atoms with Gasteiger partial charge >= 0.3 is 0 Å². The molecule has 0 unspecified atom stereocenters. The molecular weight excluding hydrogens is 200 g/mol. The molecule has 0 atom stereocenters. The van der Waals surface area contributed by atoms with Crippen LogP contribution in [0.1, 0.15) is 30.1 Å². The molecule has 1 saturated carbocycles. The molecule has 0 heterocycles. The lowest BCUT2D eigenvalue weighted by atomic mass is 10.1. The van der Waals surface area contributed by atoms with E-state index in [9.17, 15) is 4.79 Å². The first-order valence-electron chi connectivity index (χ1n) is 5.69. The summed E-state index contributed by atoms with van der Waals surface area (Å²) in [7, 11) is 2.06. The molecule has 0 aromatic heterocycles. The molecule has 2 N–H and O–H groups in total. The number of hydrogen-bond donors (Lipinski definition) is 1. The summed E-state index contributed by atoms with van der Waals surface area (Å²) in [6.07, 6.45) is 2.66. The fraction of sp³-hybridized carbons (Fsp3) is 0.462. The standard InChI is InChI=1S/C13H18N2O/c1-9(16)12-7-11(5-6-13(12)14)15(2)8-10-3-4-10/h5-7,10H,3-4,8,14H2,1-2H3. The van der Waals surface area contributed by atoms with Crippen LogP contribution in [-0.2, 0) is 0 Å². The van der Waals surface area contributed by atoms with Gasteiger partial charge in [0.1, 0.15) is 0 Å². The molecule has 0 spiro atoms. The van der Waals surface area contributed by atoms with Gasteiger partial charge in [-0.05, 0) is 43.9 Å². The monoisotopic (exact) mass is 218 g/mol. The van der Waals surface area contributed by atoms with Gasteiger partial charge in [0.25, 0.3) is 0 Å². The van der Waals surface area contributed by atoms with Crippen molar-refractivity contribution in [1.29, 1.82) is 0 Å². The third kappa shape index (κ3) is 2.35. The van der Waals surface area contributed by atoms with Gasteiger partial charge in [-0.1, -0.05) is 0 Å². The Bertz CT molecular complexity index is 410. The number of anilines is 2. The highest BCUT2D eigenvalue weighted by molar-refractivity contribution is 6.00. The van der Waals surface area contributed by atoms with Crippen molar-refractivity contribution in [3.8, 4) is 0 Å². The maximum atomic E-state index is 11.4. The molecule has 0 saturated heterocycles. The van der Waals surface area contributed by atoms with Gasteiger partial charge in [-0.3, -0.25) is 4.79 Å². The first-order chi connectivity index (χ1) is 7.58. The number of hydrogen-bond acceptors (Lipinski definition) is 3. The van der Waals surface area contributed by atoms with Gasteiger partial charge in [0, 0.05) is 30.5 Å². The number of carbonyl (C=O) groups excluding carboxylic acids is 1. The Labute approximate surface area is 96.2 Å². The van der Waals surface area contributed by atoms with Gasteiger partial charge in [0.2, 0.25) is 0 Å². The predicted octanol–water partition coefficient (Wildman–Crippen LogP) is 2.32. The lowest BCUT2D eigenvalue weighted by Gasteiger charge is -2.20. The second kappa shape index (κ2) is 4.16. The van der Waals surface area contributed by atoms with E-state index in [-0.39, 0.29) is 5.78 Å². The number of nitrogen functional groups attached to an aromatic ring is 1. The molecular formula is C13H18N2O. The van der Waals surface area contributed by atoms with Crippen LogP contribution in [0.25, 0.3) is 0 Å². The van der Waals surface area contributed by atoms with Crippen LogP contribution >= 0.6 is 0 Å². The van der Waals surface area contributed by atoms with Crippen molar-refractivity contribution in [1.82, 2.24) is 0 Å². The average Bonchev–Trinajstić information content (AvgIpc) is 3.01. The summed E-state index contributed by atoms with van der Waals surface area (Å²) in [6.45, 7) is 2.62. The smallest absolute Gasteiger partial charge is 0.161 e. The number of nitrogens with two attached hydrogens (primary N) is 1. The maximum Gasteiger partial charge on any atom is 0.161 e. The zero-order valence-corrected chi connectivity index (χ0v) is 9.86. The van der Waals surface area contributed by atoms with E-state index in [1.165, 1.54) is 12.8 Å². The summed E-state index contributed by atoms with van der Waals surface area (Å²) in [6, 6.07) is 5.68. The average molecular weight is 218 g/mol. The molecule has 1 aliphatic rings. The molecule has 2 rings (SSSR count). The van der Waals surface area contributed by atoms with Crippen molar-refractivity contribution in [2.45, 2.75) is 19.8 Å². The minimum absolute atomic E-state index is 0.0270. The van der Waals surface area contributed by atoms with E-state index in [0.717, 1.165) is 18.2 Å². The van der Waals surface area contributed by atoms with Gasteiger partial charge in [-0.2, -0.15) is 0 Å². The number of benzene rings is 1. The minimum Gasteiger partial charge on any atom is -0.398 e. The van der Waals surface area contributed by atoms with Crippen LogP contribution in [0.2, 0.25) is 0 Å². The highest BCUT2D eigenvalue weighted by Gasteiger charge is 2.23. The second-order valence-corrected chi connectivity index (χ2v) is 4.65. The SMILES string of the molecule is CC(=O)c1cc(N(C)CC2CC2)ccc1N. The zero-order chi connectivity index (χ0) is 11.7. The first kappa shape index (κ1) is 11.0. The molecule has 1 aromatic rings. The quantitative estimate of drug-likeness (QED) is 0.623. The third-order valence-corrected chi connectivity index (χ3v) is 3.09. The summed E-state index contributed by atoms with van der Waals surface area (Å²) in [5.74, 6) is 0.863. The van der Waals surface area contributed by atoms with Crippen LogP contribution in [0.4, 0.5) is 11.4 Å². The molecule has 1 aromatic carbocycles. The molecule has 1 fully saturated rings. The lowest BCUT2D eigenvalue weighted by Crippen LogP contribution is -2.20. The van der Waals surface area contributed by atoms with Gasteiger partial charge in [-0.25, -0.2) is 0 Å². The van der Waals surface area contributed by atoms with E-state index in [4.69, 9.17) is 5.73 Å². The summed E-state index contributed by atoms with van der Waals surface area (Å²) >= 11 is 0. The van der Waals surface area contributed by atoms with E-state index in [1.54, 1.807) is 6.92 Å². The third-order valence-electron chi connectivity index (χ3n) is 3.09. The number of nitrogens with zero attached hydrogens (tertiary/aromatic N) is 1. The normalized spacial score (nSPS) is 14.9. The summed E-state index contributed by atoms with van der Waals surface area (Å²) in [5, 5.41) is 0. The molecule has 0 bridgehead atoms. The Kier molecular flexibility index (Phi) is 2.86. The summed E-state index contributed by atoms with van der Waals surface area (Å²) < 4.78 is 0. The van der Waals surface area contributed by atoms with Crippen molar-refractivity contribution >= 4 is 17.2 Å². The molecule has 0 radical (unpaired) electrons. The first-order valence-corrected chi connectivity index (χ1v) is 5.69. The number of rotatable bonds is 4. The fourth-order valence-electron chi connectivity index (χ4n) is 1.88. The molecule has 0 aliphatic heterocycles. The number of ketones is 1. The van der Waals surface area contributed by atoms with Crippen LogP contribution in [0, 0.1) is 5.92 Å². The van der Waals surface area contributed by atoms with Gasteiger partial charge < -0.3 is 10.6 Å². The van der Waals surface area contributed by atoms with E-state index in [1.807, 2.05) is 18.2 Å². The molecule has 3 nitrogen and oxygen atoms in total. The molecule has 3 heteroatoms. The van der Waals surface area contributed by atoms with E-state index in [0.29, 0.717) is 11.3 Å². The van der Waals surface area contributed by atoms with Crippen LogP contribution in [0.5, 0.6) is 0 Å². The van der Waals surface area contributed by atoms with Crippen LogP contribution < -0.4 is 10.6 Å². The van der Waals surface area contributed by atoms with Gasteiger partial charge in [-0.15, -0.1) is 0 Å². The Hall–Kier alpha value is -1.51. The fourth-order valence-corrected chi connectivity index (χ4v) is 1.88. The lowest BCUT2D eigenvalue weighted by molar-refractivity contribution is 0.101. The Morgan fingerprint density at radius 1 is 1.50 bits per heavy atom. The Balaban J connectivity index is 2.20. The minimum atomic E-state index is 0.0270. The van der Waals surface area contributed by atoms with Crippen molar-refractivity contribution in [2.24, 2.45) is 5.92 Å². The topological polar surface area (TPSA) is 46.3 Å². The number of Topliss-reactive ketones (excluding diaryl/α,β-unsaturated/α-hetero) is 1. The second-order valence-electron chi connectivity index (χ2n) is 4.65. The molecule has 16 heavy (non-hydrogen) atoms. The molecule has 0 amide bonds. The Morgan fingerprint density at radius 3 is 2.75 bits per heavy atom. The Morgan fingerprint density at radius 2 is 2.19 bits per heavy atom. The van der Waals surface area contributed by atoms with Crippen molar-refractivity contribution in [3.63, 3.8) is 0 Å². The van der Waals surface area contributed by atoms with E-state index in [2.05, 4.69) is 11.9 Å². The highest BCUT2D eigenvalue weighted by atomic mass is 16.1.